The van der Waals surface area contributed by atoms with Crippen LogP contribution in [-0.2, 0) is 12.8 Å². The van der Waals surface area contributed by atoms with E-state index in [0.717, 1.165) is 12.5 Å². The molecule has 0 aliphatic heterocycles. The van der Waals surface area contributed by atoms with Gasteiger partial charge in [-0.25, -0.2) is 0 Å². The summed E-state index contributed by atoms with van der Waals surface area (Å²) in [7, 11) is 0. The normalized spacial score (nSPS) is 25.1. The average molecular weight is 271 g/mol. The van der Waals surface area contributed by atoms with Gasteiger partial charge in [0.2, 0.25) is 0 Å². The van der Waals surface area contributed by atoms with E-state index in [-0.39, 0.29) is 0 Å². The van der Waals surface area contributed by atoms with Crippen molar-refractivity contribution in [2.75, 3.05) is 6.54 Å². The Morgan fingerprint density at radius 3 is 2.55 bits per heavy atom. The second-order valence-electron chi connectivity index (χ2n) is 7.47. The first-order valence-electron chi connectivity index (χ1n) is 8.47. The molecule has 1 heteroatoms. The number of hydrogen-bond donors (Lipinski definition) is 1. The molecule has 0 bridgehead atoms. The van der Waals surface area contributed by atoms with Gasteiger partial charge in [0.25, 0.3) is 0 Å². The van der Waals surface area contributed by atoms with E-state index in [2.05, 4.69) is 44.3 Å². The summed E-state index contributed by atoms with van der Waals surface area (Å²) in [5.41, 5.74) is 5.29. The highest BCUT2D eigenvalue weighted by atomic mass is 14.9. The molecule has 2 aliphatic rings. The maximum Gasteiger partial charge on any atom is 0.0354 e. The van der Waals surface area contributed by atoms with Crippen LogP contribution >= 0.6 is 0 Å². The Hall–Kier alpha value is -0.820. The topological polar surface area (TPSA) is 12.0 Å². The quantitative estimate of drug-likeness (QED) is 0.822. The van der Waals surface area contributed by atoms with E-state index >= 15 is 0 Å². The molecule has 20 heavy (non-hydrogen) atoms. The second kappa shape index (κ2) is 5.52. The zero-order valence-electron chi connectivity index (χ0n) is 13.3. The van der Waals surface area contributed by atoms with Gasteiger partial charge in [0, 0.05) is 6.04 Å². The van der Waals surface area contributed by atoms with Crippen molar-refractivity contribution in [1.82, 2.24) is 5.32 Å². The maximum absolute atomic E-state index is 3.81. The molecule has 1 aromatic rings. The molecule has 1 saturated carbocycles. The van der Waals surface area contributed by atoms with Crippen LogP contribution < -0.4 is 5.32 Å². The highest BCUT2D eigenvalue weighted by molar-refractivity contribution is 5.36. The van der Waals surface area contributed by atoms with Crippen LogP contribution in [0.15, 0.2) is 18.2 Å². The van der Waals surface area contributed by atoms with E-state index in [1.54, 1.807) is 11.1 Å². The zero-order chi connectivity index (χ0) is 14.2. The Balaban J connectivity index is 1.83. The van der Waals surface area contributed by atoms with Gasteiger partial charge in [-0.05, 0) is 73.1 Å². The summed E-state index contributed by atoms with van der Waals surface area (Å²) in [6.07, 6.45) is 7.91. The summed E-state index contributed by atoms with van der Waals surface area (Å²) in [5.74, 6) is 0.815. The molecule has 1 nitrogen and oxygen atoms in total. The summed E-state index contributed by atoms with van der Waals surface area (Å²) in [6, 6.07) is 7.87. The van der Waals surface area contributed by atoms with E-state index < -0.39 is 0 Å². The van der Waals surface area contributed by atoms with E-state index in [9.17, 15) is 0 Å². The van der Waals surface area contributed by atoms with Crippen molar-refractivity contribution in [1.29, 1.82) is 0 Å². The Bertz CT molecular complexity index is 475. The van der Waals surface area contributed by atoms with Crippen LogP contribution in [0.3, 0.4) is 0 Å². The summed E-state index contributed by atoms with van der Waals surface area (Å²) in [5, 5.41) is 3.81. The molecule has 1 aromatic carbocycles. The lowest BCUT2D eigenvalue weighted by Gasteiger charge is -2.24. The third kappa shape index (κ3) is 2.79. The molecule has 0 aromatic heterocycles. The number of fused-ring (bicyclic) bond motifs is 1. The summed E-state index contributed by atoms with van der Waals surface area (Å²) in [4.78, 5) is 0. The third-order valence-electron chi connectivity index (χ3n) is 5.34. The van der Waals surface area contributed by atoms with Gasteiger partial charge in [-0.1, -0.05) is 39.0 Å². The van der Waals surface area contributed by atoms with Crippen molar-refractivity contribution < 1.29 is 0 Å². The Morgan fingerprint density at radius 1 is 1.20 bits per heavy atom. The zero-order valence-corrected chi connectivity index (χ0v) is 13.3. The largest absolute Gasteiger partial charge is 0.310 e. The van der Waals surface area contributed by atoms with Gasteiger partial charge in [0.1, 0.15) is 0 Å². The molecule has 0 heterocycles. The number of benzene rings is 1. The Labute approximate surface area is 124 Å². The van der Waals surface area contributed by atoms with Crippen LogP contribution in [0, 0.1) is 11.3 Å². The van der Waals surface area contributed by atoms with E-state index in [0.29, 0.717) is 11.5 Å². The van der Waals surface area contributed by atoms with E-state index in [1.807, 2.05) is 0 Å². The van der Waals surface area contributed by atoms with Crippen molar-refractivity contribution in [3.05, 3.63) is 34.9 Å². The van der Waals surface area contributed by atoms with Crippen LogP contribution in [0.1, 0.15) is 69.2 Å². The first-order chi connectivity index (χ1) is 9.62. The number of rotatable bonds is 5. The first-order valence-corrected chi connectivity index (χ1v) is 8.47. The fourth-order valence-corrected chi connectivity index (χ4v) is 3.82. The van der Waals surface area contributed by atoms with Gasteiger partial charge >= 0.3 is 0 Å². The maximum atomic E-state index is 3.81. The molecule has 2 aliphatic carbocycles. The summed E-state index contributed by atoms with van der Waals surface area (Å²) >= 11 is 0. The van der Waals surface area contributed by atoms with Crippen LogP contribution in [0.5, 0.6) is 0 Å². The van der Waals surface area contributed by atoms with Gasteiger partial charge in [0.05, 0.1) is 0 Å². The molecule has 110 valence electrons. The molecule has 2 atom stereocenters. The highest BCUT2D eigenvalue weighted by Gasteiger charge is 2.50. The molecule has 0 saturated heterocycles. The smallest absolute Gasteiger partial charge is 0.0354 e. The molecular formula is C19H29N. The molecule has 0 spiro atoms. The fraction of sp³-hybridized carbons (Fsp3) is 0.684. The second-order valence-corrected chi connectivity index (χ2v) is 7.47. The third-order valence-corrected chi connectivity index (χ3v) is 5.34. The van der Waals surface area contributed by atoms with Crippen LogP contribution in [0.2, 0.25) is 0 Å². The van der Waals surface area contributed by atoms with Crippen molar-refractivity contribution in [3.63, 3.8) is 0 Å². The van der Waals surface area contributed by atoms with Crippen molar-refractivity contribution in [2.45, 2.75) is 65.3 Å². The van der Waals surface area contributed by atoms with E-state index in [4.69, 9.17) is 0 Å². The minimum absolute atomic E-state index is 0.529. The predicted molar refractivity (Wildman–Crippen MR) is 86.0 cm³/mol. The van der Waals surface area contributed by atoms with Crippen LogP contribution in [0.25, 0.3) is 0 Å². The molecule has 2 unspecified atom stereocenters. The fourth-order valence-electron chi connectivity index (χ4n) is 3.82. The standard InChI is InChI=1S/C19H29N/c1-4-11-20-18(17-13-19(17,2)3)16-10-9-14-7-5-6-8-15(14)12-16/h9-10,12,17-18,20H,4-8,11,13H2,1-3H3. The lowest BCUT2D eigenvalue weighted by atomic mass is 9.87. The highest BCUT2D eigenvalue weighted by Crippen LogP contribution is 2.57. The minimum atomic E-state index is 0.529. The van der Waals surface area contributed by atoms with Gasteiger partial charge in [-0.2, -0.15) is 0 Å². The van der Waals surface area contributed by atoms with Crippen molar-refractivity contribution in [2.24, 2.45) is 11.3 Å². The SMILES string of the molecule is CCCNC(c1ccc2c(c1)CCCC2)C1CC1(C)C. The Kier molecular flexibility index (Phi) is 3.90. The van der Waals surface area contributed by atoms with Gasteiger partial charge in [-0.3, -0.25) is 0 Å². The first kappa shape index (κ1) is 14.1. The molecule has 0 amide bonds. The number of aryl methyl sites for hydroxylation is 2. The summed E-state index contributed by atoms with van der Waals surface area (Å²) < 4.78 is 0. The predicted octanol–water partition coefficient (Wildman–Crippen LogP) is 4.65. The average Bonchev–Trinajstić information content (AvgIpc) is 3.08. The Morgan fingerprint density at radius 2 is 1.90 bits per heavy atom. The van der Waals surface area contributed by atoms with Crippen molar-refractivity contribution >= 4 is 0 Å². The van der Waals surface area contributed by atoms with Gasteiger partial charge in [-0.15, -0.1) is 0 Å². The van der Waals surface area contributed by atoms with Crippen molar-refractivity contribution in [3.8, 4) is 0 Å². The number of hydrogen-bond acceptors (Lipinski definition) is 1. The lowest BCUT2D eigenvalue weighted by Crippen LogP contribution is -2.25. The number of nitrogens with one attached hydrogen (secondary N) is 1. The minimum Gasteiger partial charge on any atom is -0.310 e. The molecule has 1 fully saturated rings. The van der Waals surface area contributed by atoms with Gasteiger partial charge < -0.3 is 5.32 Å². The van der Waals surface area contributed by atoms with Crippen LogP contribution in [-0.4, -0.2) is 6.54 Å². The molecule has 0 radical (unpaired) electrons. The molecule has 3 rings (SSSR count). The van der Waals surface area contributed by atoms with Crippen LogP contribution in [0.4, 0.5) is 0 Å². The van der Waals surface area contributed by atoms with E-state index in [1.165, 1.54) is 44.1 Å². The molecule has 1 N–H and O–H groups in total. The lowest BCUT2D eigenvalue weighted by molar-refractivity contribution is 0.415. The monoisotopic (exact) mass is 271 g/mol. The summed E-state index contributed by atoms with van der Waals surface area (Å²) in [6.45, 7) is 8.22. The van der Waals surface area contributed by atoms with Gasteiger partial charge in [0.15, 0.2) is 0 Å². The molecular weight excluding hydrogens is 242 g/mol.